The van der Waals surface area contributed by atoms with Gasteiger partial charge in [-0.05, 0) is 24.2 Å². The number of carbonyl (C=O) groups is 1. The van der Waals surface area contributed by atoms with Crippen LogP contribution in [0.15, 0.2) is 54.7 Å². The Labute approximate surface area is 149 Å². The van der Waals surface area contributed by atoms with Gasteiger partial charge in [-0.15, -0.1) is 0 Å². The fourth-order valence-corrected chi connectivity index (χ4v) is 3.14. The number of benzene rings is 1. The maximum Gasteiger partial charge on any atom is 0.236 e. The maximum atomic E-state index is 12.7. The maximum absolute atomic E-state index is 12.7. The molecule has 0 atom stereocenters. The third kappa shape index (κ3) is 4.79. The molecule has 0 N–H and O–H groups in total. The molecule has 5 nitrogen and oxygen atoms in total. The normalized spacial score (nSPS) is 14.8. The molecule has 1 saturated heterocycles. The van der Waals surface area contributed by atoms with E-state index in [0.717, 1.165) is 45.1 Å². The van der Waals surface area contributed by atoms with Gasteiger partial charge in [0.2, 0.25) is 5.91 Å². The molecule has 0 radical (unpaired) electrons. The molecule has 3 rings (SSSR count). The Balaban J connectivity index is 1.50. The molecule has 2 aromatic rings. The number of rotatable bonds is 6. The van der Waals surface area contributed by atoms with Crippen molar-refractivity contribution in [2.75, 3.05) is 44.2 Å². The third-order valence-electron chi connectivity index (χ3n) is 4.66. The monoisotopic (exact) mass is 338 g/mol. The first kappa shape index (κ1) is 17.4. The van der Waals surface area contributed by atoms with Crippen LogP contribution in [0.2, 0.25) is 0 Å². The molecule has 0 aliphatic carbocycles. The molecule has 1 aliphatic rings. The molecule has 1 aromatic carbocycles. The lowest BCUT2D eigenvalue weighted by Crippen LogP contribution is -2.51. The van der Waals surface area contributed by atoms with E-state index in [9.17, 15) is 4.79 Å². The quantitative estimate of drug-likeness (QED) is 0.810. The summed E-state index contributed by atoms with van der Waals surface area (Å²) < 4.78 is 0. The Bertz CT molecular complexity index is 654. The molecule has 0 bridgehead atoms. The first-order valence-electron chi connectivity index (χ1n) is 8.96. The van der Waals surface area contributed by atoms with Gasteiger partial charge in [0.25, 0.3) is 0 Å². The van der Waals surface area contributed by atoms with Gasteiger partial charge in [0, 0.05) is 38.9 Å². The zero-order valence-electron chi connectivity index (χ0n) is 14.8. The highest BCUT2D eigenvalue weighted by Gasteiger charge is 2.22. The van der Waals surface area contributed by atoms with Crippen molar-refractivity contribution in [3.8, 4) is 0 Å². The molecule has 0 spiro atoms. The lowest BCUT2D eigenvalue weighted by molar-refractivity contribution is -0.132. The van der Waals surface area contributed by atoms with Crippen LogP contribution in [0.1, 0.15) is 12.5 Å². The Morgan fingerprint density at radius 3 is 2.40 bits per heavy atom. The number of hydrogen-bond donors (Lipinski definition) is 0. The number of amides is 1. The van der Waals surface area contributed by atoms with E-state index >= 15 is 0 Å². The first-order valence-corrected chi connectivity index (χ1v) is 8.96. The summed E-state index contributed by atoms with van der Waals surface area (Å²) in [6.07, 6.45) is 1.82. The van der Waals surface area contributed by atoms with E-state index in [1.807, 2.05) is 47.5 Å². The van der Waals surface area contributed by atoms with Crippen LogP contribution in [0, 0.1) is 0 Å². The van der Waals surface area contributed by atoms with Gasteiger partial charge >= 0.3 is 0 Å². The summed E-state index contributed by atoms with van der Waals surface area (Å²) in [5.74, 6) is 1.22. The second-order valence-corrected chi connectivity index (χ2v) is 6.34. The van der Waals surface area contributed by atoms with Crippen LogP contribution in [-0.2, 0) is 11.3 Å². The lowest BCUT2D eigenvalue weighted by atomic mass is 10.2. The molecule has 5 heteroatoms. The average molecular weight is 338 g/mol. The largest absolute Gasteiger partial charge is 0.353 e. The molecule has 1 aliphatic heterocycles. The number of nitrogens with zero attached hydrogens (tertiary/aromatic N) is 4. The molecular weight excluding hydrogens is 312 g/mol. The number of pyridine rings is 1. The Morgan fingerprint density at radius 1 is 1.04 bits per heavy atom. The summed E-state index contributed by atoms with van der Waals surface area (Å²) in [5, 5.41) is 0. The predicted octanol–water partition coefficient (Wildman–Crippen LogP) is 2.25. The van der Waals surface area contributed by atoms with Crippen molar-refractivity contribution in [2.24, 2.45) is 0 Å². The zero-order chi connectivity index (χ0) is 17.5. The lowest BCUT2D eigenvalue weighted by Gasteiger charge is -2.36. The topological polar surface area (TPSA) is 39.7 Å². The van der Waals surface area contributed by atoms with Crippen molar-refractivity contribution in [1.82, 2.24) is 14.8 Å². The van der Waals surface area contributed by atoms with Crippen molar-refractivity contribution < 1.29 is 4.79 Å². The van der Waals surface area contributed by atoms with Crippen LogP contribution in [0.4, 0.5) is 5.82 Å². The van der Waals surface area contributed by atoms with Crippen LogP contribution < -0.4 is 4.90 Å². The minimum absolute atomic E-state index is 0.221. The van der Waals surface area contributed by atoms with Gasteiger partial charge in [0.05, 0.1) is 6.54 Å². The number of piperazine rings is 1. The van der Waals surface area contributed by atoms with Crippen LogP contribution in [0.5, 0.6) is 0 Å². The van der Waals surface area contributed by atoms with Gasteiger partial charge < -0.3 is 9.80 Å². The van der Waals surface area contributed by atoms with Gasteiger partial charge in [0.1, 0.15) is 5.82 Å². The number of anilines is 1. The fourth-order valence-electron chi connectivity index (χ4n) is 3.14. The van der Waals surface area contributed by atoms with Crippen molar-refractivity contribution in [2.45, 2.75) is 13.5 Å². The van der Waals surface area contributed by atoms with Gasteiger partial charge in [-0.1, -0.05) is 43.3 Å². The van der Waals surface area contributed by atoms with Crippen molar-refractivity contribution in [3.63, 3.8) is 0 Å². The second kappa shape index (κ2) is 8.62. The average Bonchev–Trinajstić information content (AvgIpc) is 2.69. The van der Waals surface area contributed by atoms with Crippen LogP contribution in [0.25, 0.3) is 0 Å². The van der Waals surface area contributed by atoms with E-state index < -0.39 is 0 Å². The minimum atomic E-state index is 0.221. The van der Waals surface area contributed by atoms with Crippen LogP contribution in [0.3, 0.4) is 0 Å². The van der Waals surface area contributed by atoms with E-state index in [4.69, 9.17) is 0 Å². The van der Waals surface area contributed by atoms with Gasteiger partial charge in [-0.3, -0.25) is 9.69 Å². The Hall–Kier alpha value is -2.40. The first-order chi connectivity index (χ1) is 12.3. The zero-order valence-corrected chi connectivity index (χ0v) is 14.8. The highest BCUT2D eigenvalue weighted by Crippen LogP contribution is 2.13. The van der Waals surface area contributed by atoms with Crippen LogP contribution >= 0.6 is 0 Å². The van der Waals surface area contributed by atoms with Gasteiger partial charge in [0.15, 0.2) is 0 Å². The number of aromatic nitrogens is 1. The Morgan fingerprint density at radius 2 is 1.76 bits per heavy atom. The van der Waals surface area contributed by atoms with Crippen molar-refractivity contribution >= 4 is 11.7 Å². The summed E-state index contributed by atoms with van der Waals surface area (Å²) in [6.45, 7) is 7.48. The molecule has 25 heavy (non-hydrogen) atoms. The summed E-state index contributed by atoms with van der Waals surface area (Å²) in [6, 6.07) is 16.3. The molecule has 0 saturated carbocycles. The van der Waals surface area contributed by atoms with Crippen LogP contribution in [-0.4, -0.2) is 60.0 Å². The predicted molar refractivity (Wildman–Crippen MR) is 100 cm³/mol. The molecular formula is C20H26N4O. The highest BCUT2D eigenvalue weighted by atomic mass is 16.2. The summed E-state index contributed by atoms with van der Waals surface area (Å²) >= 11 is 0. The third-order valence-corrected chi connectivity index (χ3v) is 4.66. The standard InChI is InChI=1S/C20H26N4O/c1-2-22(16-18-8-4-3-5-9-18)17-20(25)24-14-12-23(13-15-24)19-10-6-7-11-21-19/h3-11H,2,12-17H2,1H3. The van der Waals surface area contributed by atoms with Crippen molar-refractivity contribution in [3.05, 3.63) is 60.3 Å². The highest BCUT2D eigenvalue weighted by molar-refractivity contribution is 5.78. The van der Waals surface area contributed by atoms with Gasteiger partial charge in [-0.2, -0.15) is 0 Å². The summed E-state index contributed by atoms with van der Waals surface area (Å²) in [7, 11) is 0. The van der Waals surface area contributed by atoms with E-state index in [0.29, 0.717) is 6.54 Å². The van der Waals surface area contributed by atoms with E-state index in [2.05, 4.69) is 33.8 Å². The van der Waals surface area contributed by atoms with E-state index in [1.165, 1.54) is 5.56 Å². The second-order valence-electron chi connectivity index (χ2n) is 6.34. The van der Waals surface area contributed by atoms with E-state index in [1.54, 1.807) is 0 Å². The molecule has 1 fully saturated rings. The molecule has 2 heterocycles. The number of hydrogen-bond acceptors (Lipinski definition) is 4. The number of likely N-dealkylation sites (N-methyl/N-ethyl adjacent to an activating group) is 1. The smallest absolute Gasteiger partial charge is 0.236 e. The molecule has 132 valence electrons. The Kier molecular flexibility index (Phi) is 6.01. The SMILES string of the molecule is CCN(CC(=O)N1CCN(c2ccccn2)CC1)Cc1ccccc1. The summed E-state index contributed by atoms with van der Waals surface area (Å²) in [5.41, 5.74) is 1.25. The number of carbonyl (C=O) groups excluding carboxylic acids is 1. The molecule has 1 aromatic heterocycles. The summed E-state index contributed by atoms with van der Waals surface area (Å²) in [4.78, 5) is 23.5. The fraction of sp³-hybridized carbons (Fsp3) is 0.400. The van der Waals surface area contributed by atoms with Crippen molar-refractivity contribution in [1.29, 1.82) is 0 Å². The van der Waals surface area contributed by atoms with Gasteiger partial charge in [-0.25, -0.2) is 4.98 Å². The molecule has 1 amide bonds. The molecule has 0 unspecified atom stereocenters. The minimum Gasteiger partial charge on any atom is -0.353 e. The van der Waals surface area contributed by atoms with E-state index in [-0.39, 0.29) is 5.91 Å².